The molecule has 0 fully saturated rings. The van der Waals surface area contributed by atoms with Gasteiger partial charge in [0.05, 0.1) is 5.56 Å². The fourth-order valence-corrected chi connectivity index (χ4v) is 2.25. The van der Waals surface area contributed by atoms with Crippen LogP contribution in [0.1, 0.15) is 16.0 Å². The van der Waals surface area contributed by atoms with E-state index < -0.39 is 0 Å². The highest BCUT2D eigenvalue weighted by Gasteiger charge is 2.02. The standard InChI is InChI=1S/C13H11FN2S/c1-9-2-3-11(14)5-13(9)16-7-12-4-10(6-15)8-17-12/h2-5,8,16H,7H2,1H3. The first kappa shape index (κ1) is 11.6. The van der Waals surface area contributed by atoms with Crippen molar-refractivity contribution in [3.8, 4) is 6.07 Å². The van der Waals surface area contributed by atoms with E-state index in [2.05, 4.69) is 11.4 Å². The molecule has 0 amide bonds. The second-order valence-electron chi connectivity index (χ2n) is 3.73. The number of nitriles is 1. The lowest BCUT2D eigenvalue weighted by Crippen LogP contribution is -1.99. The van der Waals surface area contributed by atoms with Crippen LogP contribution in [-0.2, 0) is 6.54 Å². The zero-order valence-electron chi connectivity index (χ0n) is 9.33. The number of nitrogens with one attached hydrogen (secondary N) is 1. The fourth-order valence-electron chi connectivity index (χ4n) is 1.50. The number of anilines is 1. The van der Waals surface area contributed by atoms with Crippen LogP contribution in [0.4, 0.5) is 10.1 Å². The van der Waals surface area contributed by atoms with E-state index in [1.807, 2.05) is 18.4 Å². The molecular weight excluding hydrogens is 235 g/mol. The second kappa shape index (κ2) is 4.98. The molecule has 1 heterocycles. The summed E-state index contributed by atoms with van der Waals surface area (Å²) in [6, 6.07) is 8.60. The van der Waals surface area contributed by atoms with E-state index in [1.54, 1.807) is 6.07 Å². The van der Waals surface area contributed by atoms with Gasteiger partial charge in [-0.05, 0) is 30.7 Å². The van der Waals surface area contributed by atoms with Crippen LogP contribution in [0.3, 0.4) is 0 Å². The van der Waals surface area contributed by atoms with E-state index >= 15 is 0 Å². The minimum Gasteiger partial charge on any atom is -0.380 e. The molecule has 0 aliphatic heterocycles. The Hall–Kier alpha value is -1.86. The minimum atomic E-state index is -0.248. The van der Waals surface area contributed by atoms with Gasteiger partial charge in [0.25, 0.3) is 0 Å². The van der Waals surface area contributed by atoms with E-state index in [4.69, 9.17) is 5.26 Å². The molecule has 0 aliphatic rings. The van der Waals surface area contributed by atoms with Crippen molar-refractivity contribution in [2.24, 2.45) is 0 Å². The lowest BCUT2D eigenvalue weighted by molar-refractivity contribution is 0.628. The molecule has 1 aromatic heterocycles. The predicted molar refractivity (Wildman–Crippen MR) is 67.5 cm³/mol. The molecule has 2 nitrogen and oxygen atoms in total. The number of halogens is 1. The summed E-state index contributed by atoms with van der Waals surface area (Å²) in [6.45, 7) is 2.54. The largest absolute Gasteiger partial charge is 0.380 e. The Kier molecular flexibility index (Phi) is 3.40. The minimum absolute atomic E-state index is 0.248. The SMILES string of the molecule is Cc1ccc(F)cc1NCc1cc(C#N)cs1. The number of hydrogen-bond acceptors (Lipinski definition) is 3. The van der Waals surface area contributed by atoms with Crippen LogP contribution >= 0.6 is 11.3 Å². The molecular formula is C13H11FN2S. The van der Waals surface area contributed by atoms with Crippen LogP contribution in [0.2, 0.25) is 0 Å². The normalized spacial score (nSPS) is 9.94. The molecule has 1 aromatic carbocycles. The monoisotopic (exact) mass is 246 g/mol. The van der Waals surface area contributed by atoms with Gasteiger partial charge in [-0.15, -0.1) is 11.3 Å². The number of benzene rings is 1. The van der Waals surface area contributed by atoms with Crippen molar-refractivity contribution in [3.63, 3.8) is 0 Å². The maximum Gasteiger partial charge on any atom is 0.125 e. The first-order chi connectivity index (χ1) is 8.19. The third-order valence-electron chi connectivity index (χ3n) is 2.44. The predicted octanol–water partition coefficient (Wildman–Crippen LogP) is 3.68. The van der Waals surface area contributed by atoms with Crippen LogP contribution in [0, 0.1) is 24.1 Å². The fraction of sp³-hybridized carbons (Fsp3) is 0.154. The van der Waals surface area contributed by atoms with Crippen LogP contribution in [0.15, 0.2) is 29.6 Å². The summed E-state index contributed by atoms with van der Waals surface area (Å²) >= 11 is 1.52. The van der Waals surface area contributed by atoms with Crippen molar-refractivity contribution in [1.29, 1.82) is 5.26 Å². The van der Waals surface area contributed by atoms with E-state index in [9.17, 15) is 4.39 Å². The number of thiophene rings is 1. The highest BCUT2D eigenvalue weighted by atomic mass is 32.1. The number of rotatable bonds is 3. The Bertz CT molecular complexity index is 569. The van der Waals surface area contributed by atoms with Crippen molar-refractivity contribution in [2.45, 2.75) is 13.5 Å². The topological polar surface area (TPSA) is 35.8 Å². The van der Waals surface area contributed by atoms with E-state index in [0.29, 0.717) is 12.1 Å². The highest BCUT2D eigenvalue weighted by molar-refractivity contribution is 7.10. The first-order valence-corrected chi connectivity index (χ1v) is 6.04. The van der Waals surface area contributed by atoms with Crippen molar-refractivity contribution in [3.05, 3.63) is 51.5 Å². The lowest BCUT2D eigenvalue weighted by Gasteiger charge is -2.08. The molecule has 0 unspecified atom stereocenters. The molecule has 0 saturated heterocycles. The van der Waals surface area contributed by atoms with E-state index in [0.717, 1.165) is 16.1 Å². The van der Waals surface area contributed by atoms with Gasteiger partial charge in [-0.2, -0.15) is 5.26 Å². The van der Waals surface area contributed by atoms with Gasteiger partial charge in [-0.1, -0.05) is 6.07 Å². The molecule has 0 atom stereocenters. The van der Waals surface area contributed by atoms with Crippen molar-refractivity contribution in [1.82, 2.24) is 0 Å². The molecule has 2 aromatic rings. The Morgan fingerprint density at radius 2 is 2.24 bits per heavy atom. The average Bonchev–Trinajstić information content (AvgIpc) is 2.78. The molecule has 4 heteroatoms. The third kappa shape index (κ3) is 2.83. The van der Waals surface area contributed by atoms with Gasteiger partial charge in [0.2, 0.25) is 0 Å². The van der Waals surface area contributed by atoms with Crippen LogP contribution in [0.25, 0.3) is 0 Å². The van der Waals surface area contributed by atoms with Crippen molar-refractivity contribution < 1.29 is 4.39 Å². The van der Waals surface area contributed by atoms with Gasteiger partial charge >= 0.3 is 0 Å². The number of nitrogens with zero attached hydrogens (tertiary/aromatic N) is 1. The second-order valence-corrected chi connectivity index (χ2v) is 4.72. The quantitative estimate of drug-likeness (QED) is 0.896. The summed E-state index contributed by atoms with van der Waals surface area (Å²) in [6.07, 6.45) is 0. The van der Waals surface area contributed by atoms with E-state index in [1.165, 1.54) is 23.5 Å². The summed E-state index contributed by atoms with van der Waals surface area (Å²) in [5.41, 5.74) is 2.46. The third-order valence-corrected chi connectivity index (χ3v) is 3.37. The van der Waals surface area contributed by atoms with Crippen LogP contribution in [-0.4, -0.2) is 0 Å². The zero-order chi connectivity index (χ0) is 12.3. The summed E-state index contributed by atoms with van der Waals surface area (Å²) < 4.78 is 13.1. The highest BCUT2D eigenvalue weighted by Crippen LogP contribution is 2.19. The van der Waals surface area contributed by atoms with Gasteiger partial charge in [0.1, 0.15) is 11.9 Å². The van der Waals surface area contributed by atoms with Gasteiger partial charge < -0.3 is 5.32 Å². The Labute approximate surface area is 103 Å². The molecule has 0 radical (unpaired) electrons. The summed E-state index contributed by atoms with van der Waals surface area (Å²) in [7, 11) is 0. The summed E-state index contributed by atoms with van der Waals surface area (Å²) in [4.78, 5) is 1.06. The smallest absolute Gasteiger partial charge is 0.125 e. The Morgan fingerprint density at radius 3 is 2.94 bits per heavy atom. The van der Waals surface area contributed by atoms with Crippen molar-refractivity contribution in [2.75, 3.05) is 5.32 Å². The Balaban J connectivity index is 2.07. The van der Waals surface area contributed by atoms with E-state index in [-0.39, 0.29) is 5.82 Å². The summed E-state index contributed by atoms with van der Waals surface area (Å²) in [5.74, 6) is -0.248. The lowest BCUT2D eigenvalue weighted by atomic mass is 10.2. The summed E-state index contributed by atoms with van der Waals surface area (Å²) in [5, 5.41) is 13.7. The number of aryl methyl sites for hydroxylation is 1. The Morgan fingerprint density at radius 1 is 1.41 bits per heavy atom. The molecule has 0 aliphatic carbocycles. The van der Waals surface area contributed by atoms with Crippen molar-refractivity contribution >= 4 is 17.0 Å². The molecule has 2 rings (SSSR count). The van der Waals surface area contributed by atoms with Gasteiger partial charge in [0, 0.05) is 22.5 Å². The van der Waals surface area contributed by atoms with Crippen LogP contribution < -0.4 is 5.32 Å². The van der Waals surface area contributed by atoms with Gasteiger partial charge in [-0.3, -0.25) is 0 Å². The molecule has 0 spiro atoms. The molecule has 86 valence electrons. The number of hydrogen-bond donors (Lipinski definition) is 1. The maximum absolute atomic E-state index is 13.1. The molecule has 0 saturated carbocycles. The zero-order valence-corrected chi connectivity index (χ0v) is 10.1. The first-order valence-electron chi connectivity index (χ1n) is 5.16. The van der Waals surface area contributed by atoms with Crippen LogP contribution in [0.5, 0.6) is 0 Å². The van der Waals surface area contributed by atoms with Gasteiger partial charge in [-0.25, -0.2) is 4.39 Å². The molecule has 0 bridgehead atoms. The average molecular weight is 246 g/mol. The molecule has 1 N–H and O–H groups in total. The maximum atomic E-state index is 13.1. The molecule has 17 heavy (non-hydrogen) atoms. The van der Waals surface area contributed by atoms with Gasteiger partial charge in [0.15, 0.2) is 0 Å².